The number of rotatable bonds is 13. The van der Waals surface area contributed by atoms with E-state index < -0.39 is 5.97 Å². The predicted octanol–water partition coefficient (Wildman–Crippen LogP) is 4.41. The number of hydrogen-bond acceptors (Lipinski definition) is 1. The summed E-state index contributed by atoms with van der Waals surface area (Å²) in [6, 6.07) is 0. The van der Waals surface area contributed by atoms with E-state index in [2.05, 4.69) is 19.1 Å². The Morgan fingerprint density at radius 1 is 0.842 bits per heavy atom. The van der Waals surface area contributed by atoms with Gasteiger partial charge in [0, 0.05) is 6.42 Å². The quantitative estimate of drug-likeness (QED) is 0.250. The van der Waals surface area contributed by atoms with Crippen molar-refractivity contribution < 1.29 is 9.90 Å². The van der Waals surface area contributed by atoms with Gasteiger partial charge in [0.05, 0.1) is 0 Å². The minimum atomic E-state index is -0.666. The van der Waals surface area contributed by atoms with Crippen LogP contribution in [-0.4, -0.2) is 38.4 Å². The third-order valence-electron chi connectivity index (χ3n) is 3.15. The number of carboxylic acids is 1. The second-order valence-corrected chi connectivity index (χ2v) is 5.02. The third-order valence-corrected chi connectivity index (χ3v) is 3.15. The predicted molar refractivity (Wildman–Crippen MR) is 86.4 cm³/mol. The number of carboxylic acid groups (broad SMARTS) is 1. The molecule has 0 spiro atoms. The fourth-order valence-electron chi connectivity index (χ4n) is 1.99. The van der Waals surface area contributed by atoms with Crippen LogP contribution < -0.4 is 0 Å². The molecular formula is C16H32O2Pb. The maximum atomic E-state index is 10.3. The van der Waals surface area contributed by atoms with Gasteiger partial charge in [0.15, 0.2) is 0 Å². The van der Waals surface area contributed by atoms with E-state index in [1.165, 1.54) is 57.8 Å². The van der Waals surface area contributed by atoms with Gasteiger partial charge in [0.2, 0.25) is 0 Å². The Bertz CT molecular complexity index is 215. The Kier molecular flexibility index (Phi) is 20.5. The van der Waals surface area contributed by atoms with Gasteiger partial charge >= 0.3 is 33.3 Å². The topological polar surface area (TPSA) is 37.3 Å². The normalized spacial score (nSPS) is 10.6. The van der Waals surface area contributed by atoms with Crippen molar-refractivity contribution in [2.24, 2.45) is 0 Å². The molecule has 112 valence electrons. The van der Waals surface area contributed by atoms with Gasteiger partial charge in [-0.05, 0) is 32.1 Å². The van der Waals surface area contributed by atoms with E-state index in [1.54, 1.807) is 0 Å². The molecule has 0 heterocycles. The zero-order chi connectivity index (χ0) is 13.5. The molecule has 0 aliphatic heterocycles. The summed E-state index contributed by atoms with van der Waals surface area (Å²) >= 11 is 0. The van der Waals surface area contributed by atoms with E-state index in [9.17, 15) is 4.79 Å². The first-order valence-electron chi connectivity index (χ1n) is 7.64. The molecule has 1 N–H and O–H groups in total. The van der Waals surface area contributed by atoms with Gasteiger partial charge in [-0.1, -0.05) is 57.6 Å². The Balaban J connectivity index is 0. The SMILES string of the molecule is CCCCCC/C=C\CCCCCCCC(=O)O.[PbH2]. The van der Waals surface area contributed by atoms with Gasteiger partial charge in [-0.25, -0.2) is 0 Å². The van der Waals surface area contributed by atoms with Crippen LogP contribution in [0.5, 0.6) is 0 Å². The van der Waals surface area contributed by atoms with Crippen LogP contribution >= 0.6 is 0 Å². The van der Waals surface area contributed by atoms with Gasteiger partial charge in [0.25, 0.3) is 0 Å². The monoisotopic (exact) mass is 464 g/mol. The van der Waals surface area contributed by atoms with Crippen molar-refractivity contribution in [2.75, 3.05) is 0 Å². The van der Waals surface area contributed by atoms with Crippen LogP contribution in [0.1, 0.15) is 84.0 Å². The second-order valence-electron chi connectivity index (χ2n) is 5.02. The molecule has 19 heavy (non-hydrogen) atoms. The molecule has 0 saturated carbocycles. The van der Waals surface area contributed by atoms with E-state index in [0.717, 1.165) is 12.8 Å². The van der Waals surface area contributed by atoms with Crippen LogP contribution in [0.3, 0.4) is 0 Å². The molecule has 0 aromatic rings. The van der Waals surface area contributed by atoms with Crippen LogP contribution in [0.4, 0.5) is 0 Å². The number of hydrogen-bond donors (Lipinski definition) is 1. The van der Waals surface area contributed by atoms with Crippen LogP contribution in [0.25, 0.3) is 0 Å². The Morgan fingerprint density at radius 3 is 1.84 bits per heavy atom. The number of carbonyl (C=O) groups is 1. The van der Waals surface area contributed by atoms with E-state index >= 15 is 0 Å². The van der Waals surface area contributed by atoms with Gasteiger partial charge in [-0.15, -0.1) is 0 Å². The Labute approximate surface area is 139 Å². The molecule has 0 aliphatic rings. The van der Waals surface area contributed by atoms with E-state index in [0.29, 0.717) is 6.42 Å². The number of aliphatic carboxylic acids is 1. The average Bonchev–Trinajstić information content (AvgIpc) is 2.34. The van der Waals surface area contributed by atoms with Gasteiger partial charge in [-0.3, -0.25) is 4.79 Å². The zero-order valence-electron chi connectivity index (χ0n) is 12.7. The van der Waals surface area contributed by atoms with Gasteiger partial charge < -0.3 is 5.11 Å². The average molecular weight is 464 g/mol. The fraction of sp³-hybridized carbons (Fsp3) is 0.812. The molecule has 0 aliphatic carbocycles. The van der Waals surface area contributed by atoms with Crippen molar-refractivity contribution in [2.45, 2.75) is 84.0 Å². The molecule has 0 aromatic carbocycles. The molecule has 0 fully saturated rings. The zero-order valence-corrected chi connectivity index (χ0v) is 18.2. The number of unbranched alkanes of at least 4 members (excludes halogenated alkanes) is 9. The summed E-state index contributed by atoms with van der Waals surface area (Å²) in [7, 11) is 0. The molecule has 0 saturated heterocycles. The van der Waals surface area contributed by atoms with Crippen molar-refractivity contribution in [3.8, 4) is 0 Å². The van der Waals surface area contributed by atoms with Crippen LogP contribution in [0.15, 0.2) is 12.2 Å². The summed E-state index contributed by atoms with van der Waals surface area (Å²) < 4.78 is 0. The molecule has 0 atom stereocenters. The van der Waals surface area contributed by atoms with E-state index in [1.807, 2.05) is 0 Å². The summed E-state index contributed by atoms with van der Waals surface area (Å²) in [5, 5.41) is 8.48. The molecule has 0 amide bonds. The van der Waals surface area contributed by atoms with Crippen molar-refractivity contribution in [3.05, 3.63) is 12.2 Å². The summed E-state index contributed by atoms with van der Waals surface area (Å²) in [5.41, 5.74) is 0. The first kappa shape index (κ1) is 21.4. The third kappa shape index (κ3) is 20.6. The van der Waals surface area contributed by atoms with E-state index in [-0.39, 0.29) is 27.3 Å². The van der Waals surface area contributed by atoms with Gasteiger partial charge in [-0.2, -0.15) is 0 Å². The van der Waals surface area contributed by atoms with Crippen LogP contribution in [0.2, 0.25) is 0 Å². The Hall–Kier alpha value is 0.132. The first-order valence-corrected chi connectivity index (χ1v) is 7.64. The minimum absolute atomic E-state index is 0. The molecule has 2 radical (unpaired) electrons. The molecule has 0 rings (SSSR count). The summed E-state index contributed by atoms with van der Waals surface area (Å²) in [5.74, 6) is -0.666. The molecule has 0 aromatic heterocycles. The number of allylic oxidation sites excluding steroid dienone is 2. The fourth-order valence-corrected chi connectivity index (χ4v) is 1.99. The van der Waals surface area contributed by atoms with Crippen molar-refractivity contribution >= 4 is 33.3 Å². The molecular weight excluding hydrogens is 431 g/mol. The molecule has 0 unspecified atom stereocenters. The van der Waals surface area contributed by atoms with Crippen molar-refractivity contribution in [1.82, 2.24) is 0 Å². The molecule has 2 nitrogen and oxygen atoms in total. The second kappa shape index (κ2) is 18.1. The summed E-state index contributed by atoms with van der Waals surface area (Å²) in [6.45, 7) is 2.24. The summed E-state index contributed by atoms with van der Waals surface area (Å²) in [4.78, 5) is 10.3. The van der Waals surface area contributed by atoms with Crippen LogP contribution in [-0.2, 0) is 4.79 Å². The van der Waals surface area contributed by atoms with E-state index in [4.69, 9.17) is 5.11 Å². The standard InChI is InChI=1S/C16H30O2.Pb.2H/c1-2-3-4-5-6-7-8-9-10-11-12-13-14-15-16(17)18;;;/h7-8H,2-6,9-15H2,1H3,(H,17,18);;;/b8-7-;;;. The van der Waals surface area contributed by atoms with Gasteiger partial charge in [0.1, 0.15) is 0 Å². The Morgan fingerprint density at radius 2 is 1.32 bits per heavy atom. The summed E-state index contributed by atoms with van der Waals surface area (Å²) in [6.07, 6.45) is 18.3. The van der Waals surface area contributed by atoms with Crippen molar-refractivity contribution in [1.29, 1.82) is 0 Å². The first-order chi connectivity index (χ1) is 8.77. The van der Waals surface area contributed by atoms with Crippen molar-refractivity contribution in [3.63, 3.8) is 0 Å². The molecule has 3 heteroatoms. The maximum absolute atomic E-state index is 10.3. The van der Waals surface area contributed by atoms with Crippen LogP contribution in [0, 0.1) is 0 Å². The molecule has 0 bridgehead atoms.